The molecule has 0 saturated carbocycles. The molecule has 26 heavy (non-hydrogen) atoms. The fourth-order valence-electron chi connectivity index (χ4n) is 2.79. The van der Waals surface area contributed by atoms with Crippen LogP contribution in [0.15, 0.2) is 23.1 Å². The average molecular weight is 381 g/mol. The zero-order chi connectivity index (χ0) is 19.3. The van der Waals surface area contributed by atoms with Gasteiger partial charge in [-0.05, 0) is 31.5 Å². The molecule has 0 atom stereocenters. The fourth-order valence-corrected chi connectivity index (χ4v) is 3.71. The molecular formula is C18H28N4O3S. The second-order valence-electron chi connectivity index (χ2n) is 6.41. The Labute approximate surface area is 155 Å². The van der Waals surface area contributed by atoms with Gasteiger partial charge in [0.05, 0.1) is 15.9 Å². The molecule has 0 bridgehead atoms. The number of carbonyl (C=O) groups is 1. The summed E-state index contributed by atoms with van der Waals surface area (Å²) in [7, 11) is -0.484. The van der Waals surface area contributed by atoms with Crippen LogP contribution in [-0.2, 0) is 27.8 Å². The van der Waals surface area contributed by atoms with Gasteiger partial charge in [-0.1, -0.05) is 13.3 Å². The Morgan fingerprint density at radius 1 is 1.27 bits per heavy atom. The molecule has 1 aromatic carbocycles. The molecule has 1 N–H and O–H groups in total. The number of sulfonamides is 1. The summed E-state index contributed by atoms with van der Waals surface area (Å²) in [5.41, 5.74) is 1.52. The number of nitrogens with one attached hydrogen (secondary N) is 1. The van der Waals surface area contributed by atoms with E-state index < -0.39 is 10.0 Å². The monoisotopic (exact) mass is 380 g/mol. The lowest BCUT2D eigenvalue weighted by Gasteiger charge is -2.11. The highest BCUT2D eigenvalue weighted by molar-refractivity contribution is 7.89. The summed E-state index contributed by atoms with van der Waals surface area (Å²) < 4.78 is 27.8. The summed E-state index contributed by atoms with van der Waals surface area (Å²) >= 11 is 0. The predicted octanol–water partition coefficient (Wildman–Crippen LogP) is 2.16. The van der Waals surface area contributed by atoms with Gasteiger partial charge in [0.1, 0.15) is 5.82 Å². The number of benzene rings is 1. The van der Waals surface area contributed by atoms with Crippen molar-refractivity contribution >= 4 is 27.0 Å². The molecule has 0 radical (unpaired) electrons. The topological polar surface area (TPSA) is 84.3 Å². The van der Waals surface area contributed by atoms with E-state index in [1.165, 1.54) is 18.4 Å². The number of unbranched alkanes of at least 4 members (excludes halogenated alkanes) is 1. The van der Waals surface area contributed by atoms with Crippen LogP contribution in [0.25, 0.3) is 11.0 Å². The van der Waals surface area contributed by atoms with Gasteiger partial charge >= 0.3 is 0 Å². The number of hydrogen-bond donors (Lipinski definition) is 1. The quantitative estimate of drug-likeness (QED) is 0.676. The second kappa shape index (κ2) is 8.64. The molecule has 8 heteroatoms. The third-order valence-corrected chi connectivity index (χ3v) is 6.13. The van der Waals surface area contributed by atoms with Crippen molar-refractivity contribution in [3.63, 3.8) is 0 Å². The van der Waals surface area contributed by atoms with E-state index in [4.69, 9.17) is 0 Å². The molecule has 0 unspecified atom stereocenters. The van der Waals surface area contributed by atoms with Crippen molar-refractivity contribution in [1.29, 1.82) is 0 Å². The molecule has 0 spiro atoms. The first-order valence-electron chi connectivity index (χ1n) is 8.99. The molecular weight excluding hydrogens is 352 g/mol. The molecule has 1 amide bonds. The minimum absolute atomic E-state index is 0.0176. The number of fused-ring (bicyclic) bond motifs is 1. The van der Waals surface area contributed by atoms with Gasteiger partial charge in [0.25, 0.3) is 0 Å². The van der Waals surface area contributed by atoms with Gasteiger partial charge in [-0.3, -0.25) is 4.79 Å². The summed E-state index contributed by atoms with van der Waals surface area (Å²) in [5, 5.41) is 2.91. The lowest BCUT2D eigenvalue weighted by Crippen LogP contribution is -2.24. The van der Waals surface area contributed by atoms with Crippen molar-refractivity contribution in [2.45, 2.75) is 51.0 Å². The minimum Gasteiger partial charge on any atom is -0.356 e. The van der Waals surface area contributed by atoms with Crippen LogP contribution in [-0.4, -0.2) is 48.8 Å². The smallest absolute Gasteiger partial charge is 0.242 e. The maximum Gasteiger partial charge on any atom is 0.242 e. The summed E-state index contributed by atoms with van der Waals surface area (Å²) in [4.78, 5) is 16.7. The van der Waals surface area contributed by atoms with E-state index >= 15 is 0 Å². The summed E-state index contributed by atoms with van der Waals surface area (Å²) in [6.45, 7) is 5.51. The number of nitrogens with zero attached hydrogens (tertiary/aromatic N) is 3. The highest BCUT2D eigenvalue weighted by Gasteiger charge is 2.19. The molecule has 7 nitrogen and oxygen atoms in total. The number of carbonyl (C=O) groups excluding carboxylic acids is 1. The van der Waals surface area contributed by atoms with E-state index in [1.54, 1.807) is 18.2 Å². The molecule has 0 saturated heterocycles. The van der Waals surface area contributed by atoms with Gasteiger partial charge in [-0.15, -0.1) is 0 Å². The number of rotatable bonds is 9. The summed E-state index contributed by atoms with van der Waals surface area (Å²) in [6, 6.07) is 4.99. The third kappa shape index (κ3) is 4.42. The van der Waals surface area contributed by atoms with Crippen LogP contribution in [0.4, 0.5) is 0 Å². The van der Waals surface area contributed by atoms with Crippen LogP contribution in [0.5, 0.6) is 0 Å². The van der Waals surface area contributed by atoms with Gasteiger partial charge in [-0.25, -0.2) is 17.7 Å². The van der Waals surface area contributed by atoms with Crippen LogP contribution >= 0.6 is 0 Å². The van der Waals surface area contributed by atoms with E-state index in [1.807, 2.05) is 11.5 Å². The van der Waals surface area contributed by atoms with Gasteiger partial charge in [0, 0.05) is 40.0 Å². The van der Waals surface area contributed by atoms with E-state index in [0.717, 1.165) is 24.2 Å². The molecule has 1 heterocycles. The lowest BCUT2D eigenvalue weighted by molar-refractivity contribution is -0.121. The number of aromatic nitrogens is 2. The van der Waals surface area contributed by atoms with Gasteiger partial charge in [-0.2, -0.15) is 0 Å². The first-order valence-corrected chi connectivity index (χ1v) is 10.4. The molecule has 0 aliphatic rings. The SMILES string of the molecule is CCCCNC(=O)CCc1nc2cc(S(=O)(=O)N(C)C)ccc2n1CC. The van der Waals surface area contributed by atoms with Crippen LogP contribution in [0.1, 0.15) is 38.9 Å². The predicted molar refractivity (Wildman–Crippen MR) is 103 cm³/mol. The van der Waals surface area contributed by atoms with Gasteiger partial charge in [0.2, 0.25) is 15.9 Å². The lowest BCUT2D eigenvalue weighted by atomic mass is 10.2. The largest absolute Gasteiger partial charge is 0.356 e. The molecule has 144 valence electrons. The van der Waals surface area contributed by atoms with E-state index in [2.05, 4.69) is 17.2 Å². The Hall–Kier alpha value is -1.93. The molecule has 1 aromatic heterocycles. The van der Waals surface area contributed by atoms with Crippen LogP contribution in [0, 0.1) is 0 Å². The average Bonchev–Trinajstić information content (AvgIpc) is 2.96. The standard InChI is InChI=1S/C18H28N4O3S/c1-5-7-12-19-18(23)11-10-17-20-15-13-14(26(24,25)21(3)4)8-9-16(15)22(17)6-2/h8-9,13H,5-7,10-12H2,1-4H3,(H,19,23). The Balaban J connectivity index is 2.24. The maximum atomic E-state index is 12.3. The van der Waals surface area contributed by atoms with Crippen LogP contribution < -0.4 is 5.32 Å². The third-order valence-electron chi connectivity index (χ3n) is 4.32. The Morgan fingerprint density at radius 2 is 2.00 bits per heavy atom. The molecule has 0 aliphatic heterocycles. The Morgan fingerprint density at radius 3 is 2.62 bits per heavy atom. The van der Waals surface area contributed by atoms with Crippen molar-refractivity contribution < 1.29 is 13.2 Å². The van der Waals surface area contributed by atoms with Gasteiger partial charge < -0.3 is 9.88 Å². The molecule has 0 fully saturated rings. The molecule has 0 aliphatic carbocycles. The zero-order valence-corrected chi connectivity index (χ0v) is 16.8. The minimum atomic E-state index is -3.50. The Kier molecular flexibility index (Phi) is 6.77. The Bertz CT molecular complexity index is 872. The normalized spacial score (nSPS) is 12.0. The highest BCUT2D eigenvalue weighted by Crippen LogP contribution is 2.22. The van der Waals surface area contributed by atoms with Crippen molar-refractivity contribution in [2.75, 3.05) is 20.6 Å². The van der Waals surface area contributed by atoms with E-state index in [0.29, 0.717) is 31.4 Å². The second-order valence-corrected chi connectivity index (χ2v) is 8.57. The van der Waals surface area contributed by atoms with Gasteiger partial charge in [0.15, 0.2) is 0 Å². The maximum absolute atomic E-state index is 12.3. The number of hydrogen-bond acceptors (Lipinski definition) is 4. The van der Waals surface area contributed by atoms with E-state index in [-0.39, 0.29) is 10.8 Å². The summed E-state index contributed by atoms with van der Waals surface area (Å²) in [5.74, 6) is 0.816. The van der Waals surface area contributed by atoms with E-state index in [9.17, 15) is 13.2 Å². The van der Waals surface area contributed by atoms with Crippen LogP contribution in [0.2, 0.25) is 0 Å². The zero-order valence-electron chi connectivity index (χ0n) is 15.9. The number of imidazole rings is 1. The molecule has 2 aromatic rings. The van der Waals surface area contributed by atoms with Crippen molar-refractivity contribution in [3.8, 4) is 0 Å². The summed E-state index contributed by atoms with van der Waals surface area (Å²) in [6.07, 6.45) is 2.92. The van der Waals surface area contributed by atoms with Crippen LogP contribution in [0.3, 0.4) is 0 Å². The first kappa shape index (κ1) is 20.4. The molecule has 2 rings (SSSR count). The highest BCUT2D eigenvalue weighted by atomic mass is 32.2. The van der Waals surface area contributed by atoms with Crippen molar-refractivity contribution in [1.82, 2.24) is 19.2 Å². The number of amides is 1. The van der Waals surface area contributed by atoms with Crippen molar-refractivity contribution in [2.24, 2.45) is 0 Å². The fraction of sp³-hybridized carbons (Fsp3) is 0.556. The first-order chi connectivity index (χ1) is 12.3. The van der Waals surface area contributed by atoms with Crippen molar-refractivity contribution in [3.05, 3.63) is 24.0 Å². The number of aryl methyl sites for hydroxylation is 2.